The van der Waals surface area contributed by atoms with Gasteiger partial charge in [0.1, 0.15) is 11.6 Å². The number of nitrogens with zero attached hydrogens (tertiary/aromatic N) is 2. The van der Waals surface area contributed by atoms with E-state index < -0.39 is 0 Å². The number of anilines is 1. The standard InChI is InChI=1S/C11H14N4/c1-6(7-2-3-7)10-13-8-4-5-9(12)14-11(8)15-10/h4-7H,2-3H2,1H3,(H3,12,13,14,15). The van der Waals surface area contributed by atoms with Gasteiger partial charge in [0.15, 0.2) is 5.65 Å². The van der Waals surface area contributed by atoms with E-state index in [9.17, 15) is 0 Å². The first kappa shape index (κ1) is 8.71. The number of nitrogens with two attached hydrogens (primary N) is 1. The number of nitrogen functional groups attached to an aromatic ring is 1. The summed E-state index contributed by atoms with van der Waals surface area (Å²) in [5, 5.41) is 0. The Hall–Kier alpha value is -1.58. The third-order valence-electron chi connectivity index (χ3n) is 3.15. The van der Waals surface area contributed by atoms with Crippen molar-refractivity contribution in [2.24, 2.45) is 5.92 Å². The molecule has 4 heteroatoms. The molecule has 1 unspecified atom stereocenters. The molecule has 1 fully saturated rings. The van der Waals surface area contributed by atoms with Crippen molar-refractivity contribution in [2.45, 2.75) is 25.7 Å². The lowest BCUT2D eigenvalue weighted by Gasteiger charge is -2.03. The predicted molar refractivity (Wildman–Crippen MR) is 59.4 cm³/mol. The maximum absolute atomic E-state index is 5.62. The molecule has 78 valence electrons. The topological polar surface area (TPSA) is 67.6 Å². The van der Waals surface area contributed by atoms with E-state index in [2.05, 4.69) is 21.9 Å². The van der Waals surface area contributed by atoms with Crippen molar-refractivity contribution in [2.75, 3.05) is 5.73 Å². The molecule has 1 atom stereocenters. The van der Waals surface area contributed by atoms with Crippen LogP contribution in [0.1, 0.15) is 31.5 Å². The highest BCUT2D eigenvalue weighted by Crippen LogP contribution is 2.41. The van der Waals surface area contributed by atoms with Crippen molar-refractivity contribution in [3.63, 3.8) is 0 Å². The van der Waals surface area contributed by atoms with Crippen LogP contribution in [0.4, 0.5) is 5.82 Å². The highest BCUT2D eigenvalue weighted by atomic mass is 15.0. The molecule has 3 N–H and O–H groups in total. The molecular formula is C11H14N4. The van der Waals surface area contributed by atoms with E-state index in [1.54, 1.807) is 6.07 Å². The average molecular weight is 202 g/mol. The Kier molecular flexibility index (Phi) is 1.71. The summed E-state index contributed by atoms with van der Waals surface area (Å²) in [6, 6.07) is 3.74. The van der Waals surface area contributed by atoms with Gasteiger partial charge in [-0.3, -0.25) is 0 Å². The molecule has 4 nitrogen and oxygen atoms in total. The Morgan fingerprint density at radius 2 is 2.20 bits per heavy atom. The van der Waals surface area contributed by atoms with Crippen LogP contribution < -0.4 is 5.73 Å². The van der Waals surface area contributed by atoms with E-state index in [1.807, 2.05) is 6.07 Å². The molecule has 1 saturated carbocycles. The fourth-order valence-electron chi connectivity index (χ4n) is 1.96. The quantitative estimate of drug-likeness (QED) is 0.783. The SMILES string of the molecule is CC(c1nc2nc(N)ccc2[nH]1)C1CC1. The van der Waals surface area contributed by atoms with Gasteiger partial charge in [0, 0.05) is 5.92 Å². The second-order valence-corrected chi connectivity index (χ2v) is 4.36. The molecular weight excluding hydrogens is 188 g/mol. The number of aromatic nitrogens is 3. The number of nitrogens with one attached hydrogen (secondary N) is 1. The molecule has 0 aromatic carbocycles. The van der Waals surface area contributed by atoms with Crippen LogP contribution in [0, 0.1) is 5.92 Å². The molecule has 0 bridgehead atoms. The highest BCUT2D eigenvalue weighted by Gasteiger charge is 2.30. The van der Waals surface area contributed by atoms with Gasteiger partial charge < -0.3 is 10.7 Å². The van der Waals surface area contributed by atoms with Crippen molar-refractivity contribution < 1.29 is 0 Å². The second-order valence-electron chi connectivity index (χ2n) is 4.36. The minimum atomic E-state index is 0.514. The third kappa shape index (κ3) is 1.46. The molecule has 0 saturated heterocycles. The monoisotopic (exact) mass is 202 g/mol. The highest BCUT2D eigenvalue weighted by molar-refractivity contribution is 5.72. The van der Waals surface area contributed by atoms with Crippen LogP contribution in [0.25, 0.3) is 11.2 Å². The fourth-order valence-corrected chi connectivity index (χ4v) is 1.96. The van der Waals surface area contributed by atoms with Crippen LogP contribution in [-0.2, 0) is 0 Å². The molecule has 0 aliphatic heterocycles. The van der Waals surface area contributed by atoms with Crippen LogP contribution in [-0.4, -0.2) is 15.0 Å². The van der Waals surface area contributed by atoms with Crippen molar-refractivity contribution in [3.05, 3.63) is 18.0 Å². The molecule has 1 aliphatic carbocycles. The lowest BCUT2D eigenvalue weighted by Crippen LogP contribution is -1.97. The average Bonchev–Trinajstić information content (AvgIpc) is 2.97. The van der Waals surface area contributed by atoms with Crippen LogP contribution in [0.15, 0.2) is 12.1 Å². The van der Waals surface area contributed by atoms with E-state index in [0.717, 1.165) is 22.9 Å². The summed E-state index contributed by atoms with van der Waals surface area (Å²) in [6.45, 7) is 2.22. The molecule has 0 amide bonds. The third-order valence-corrected chi connectivity index (χ3v) is 3.15. The fraction of sp³-hybridized carbons (Fsp3) is 0.455. The summed E-state index contributed by atoms with van der Waals surface area (Å²) >= 11 is 0. The lowest BCUT2D eigenvalue weighted by molar-refractivity contribution is 0.630. The zero-order chi connectivity index (χ0) is 10.4. The molecule has 2 heterocycles. The van der Waals surface area contributed by atoms with Crippen LogP contribution in [0.5, 0.6) is 0 Å². The number of H-pyrrole nitrogens is 1. The van der Waals surface area contributed by atoms with Gasteiger partial charge in [-0.05, 0) is 30.9 Å². The first-order valence-corrected chi connectivity index (χ1v) is 5.36. The Bertz CT molecular complexity index is 498. The molecule has 0 spiro atoms. The number of fused-ring (bicyclic) bond motifs is 1. The summed E-state index contributed by atoms with van der Waals surface area (Å²) in [7, 11) is 0. The second kappa shape index (κ2) is 2.95. The maximum atomic E-state index is 5.62. The molecule has 1 aliphatic rings. The first-order valence-electron chi connectivity index (χ1n) is 5.36. The smallest absolute Gasteiger partial charge is 0.179 e. The van der Waals surface area contributed by atoms with Gasteiger partial charge in [-0.25, -0.2) is 9.97 Å². The Morgan fingerprint density at radius 3 is 2.93 bits per heavy atom. The minimum Gasteiger partial charge on any atom is -0.384 e. The molecule has 2 aromatic rings. The largest absolute Gasteiger partial charge is 0.384 e. The van der Waals surface area contributed by atoms with Crippen LogP contribution >= 0.6 is 0 Å². The number of hydrogen-bond acceptors (Lipinski definition) is 3. The summed E-state index contributed by atoms with van der Waals surface area (Å²) in [4.78, 5) is 12.0. The number of pyridine rings is 1. The van der Waals surface area contributed by atoms with Crippen molar-refractivity contribution in [1.29, 1.82) is 0 Å². The van der Waals surface area contributed by atoms with Crippen molar-refractivity contribution in [1.82, 2.24) is 15.0 Å². The van der Waals surface area contributed by atoms with Gasteiger partial charge >= 0.3 is 0 Å². The predicted octanol–water partition coefficient (Wildman–Crippen LogP) is 2.05. The first-order chi connectivity index (χ1) is 7.24. The van der Waals surface area contributed by atoms with Crippen LogP contribution in [0.2, 0.25) is 0 Å². The van der Waals surface area contributed by atoms with Gasteiger partial charge in [0.2, 0.25) is 0 Å². The minimum absolute atomic E-state index is 0.514. The van der Waals surface area contributed by atoms with E-state index >= 15 is 0 Å². The normalized spacial score (nSPS) is 18.2. The number of aromatic amines is 1. The van der Waals surface area contributed by atoms with Crippen molar-refractivity contribution >= 4 is 17.0 Å². The summed E-state index contributed by atoms with van der Waals surface area (Å²) < 4.78 is 0. The number of imidazole rings is 1. The van der Waals surface area contributed by atoms with Gasteiger partial charge in [0.25, 0.3) is 0 Å². The number of hydrogen-bond donors (Lipinski definition) is 2. The summed E-state index contributed by atoms with van der Waals surface area (Å²) in [6.07, 6.45) is 2.65. The lowest BCUT2D eigenvalue weighted by atomic mass is 10.1. The zero-order valence-corrected chi connectivity index (χ0v) is 8.70. The molecule has 2 aromatic heterocycles. The van der Waals surface area contributed by atoms with E-state index in [-0.39, 0.29) is 0 Å². The van der Waals surface area contributed by atoms with Crippen LogP contribution in [0.3, 0.4) is 0 Å². The molecule has 0 radical (unpaired) electrons. The number of rotatable bonds is 2. The van der Waals surface area contributed by atoms with E-state index in [4.69, 9.17) is 5.73 Å². The van der Waals surface area contributed by atoms with Gasteiger partial charge in [-0.15, -0.1) is 0 Å². The van der Waals surface area contributed by atoms with E-state index in [1.165, 1.54) is 12.8 Å². The van der Waals surface area contributed by atoms with Crippen molar-refractivity contribution in [3.8, 4) is 0 Å². The van der Waals surface area contributed by atoms with Gasteiger partial charge in [0.05, 0.1) is 5.52 Å². The summed E-state index contributed by atoms with van der Waals surface area (Å²) in [5.41, 5.74) is 7.33. The zero-order valence-electron chi connectivity index (χ0n) is 8.70. The molecule has 15 heavy (non-hydrogen) atoms. The van der Waals surface area contributed by atoms with Gasteiger partial charge in [-0.1, -0.05) is 6.92 Å². The molecule has 3 rings (SSSR count). The maximum Gasteiger partial charge on any atom is 0.179 e. The Morgan fingerprint density at radius 1 is 1.40 bits per heavy atom. The van der Waals surface area contributed by atoms with Gasteiger partial charge in [-0.2, -0.15) is 0 Å². The van der Waals surface area contributed by atoms with E-state index in [0.29, 0.717) is 11.7 Å². The Balaban J connectivity index is 2.05. The Labute approximate surface area is 87.9 Å². The summed E-state index contributed by atoms with van der Waals surface area (Å²) in [5.74, 6) is 2.90.